The molecule has 5 nitrogen and oxygen atoms in total. The predicted molar refractivity (Wildman–Crippen MR) is 58.3 cm³/mol. The highest BCUT2D eigenvalue weighted by atomic mass is 32.2. The van der Waals surface area contributed by atoms with Crippen molar-refractivity contribution in [2.75, 3.05) is 13.2 Å². The molecule has 2 rings (SSSR count). The van der Waals surface area contributed by atoms with E-state index in [0.29, 0.717) is 25.0 Å². The molecule has 0 spiro atoms. The Hall–Kier alpha value is -0.830. The zero-order chi connectivity index (χ0) is 13.2. The maximum absolute atomic E-state index is 12.5. The number of aromatic nitrogens is 4. The second kappa shape index (κ2) is 5.43. The summed E-state index contributed by atoms with van der Waals surface area (Å²) < 4.78 is 44.2. The molecule has 1 atom stereocenters. The minimum atomic E-state index is -4.25. The minimum absolute atomic E-state index is 0.0247. The van der Waals surface area contributed by atoms with E-state index in [4.69, 9.17) is 4.74 Å². The Morgan fingerprint density at radius 1 is 1.39 bits per heavy atom. The lowest BCUT2D eigenvalue weighted by atomic mass is 10.1. The number of rotatable bonds is 3. The molecule has 2 heterocycles. The topological polar surface area (TPSA) is 52.8 Å². The third-order valence-corrected chi connectivity index (χ3v) is 3.84. The molecular weight excluding hydrogens is 269 g/mol. The van der Waals surface area contributed by atoms with E-state index in [0.717, 1.165) is 19.8 Å². The molecule has 0 bridgehead atoms. The average molecular weight is 282 g/mol. The van der Waals surface area contributed by atoms with Gasteiger partial charge in [0.2, 0.25) is 5.16 Å². The maximum atomic E-state index is 12.5. The molecule has 102 valence electrons. The normalized spacial score (nSPS) is 20.0. The largest absolute Gasteiger partial charge is 0.400 e. The molecule has 18 heavy (non-hydrogen) atoms. The van der Waals surface area contributed by atoms with Gasteiger partial charge in [-0.25, -0.2) is 4.68 Å². The van der Waals surface area contributed by atoms with Crippen LogP contribution in [-0.2, 0) is 4.74 Å². The van der Waals surface area contributed by atoms with Crippen molar-refractivity contribution in [1.29, 1.82) is 0 Å². The highest BCUT2D eigenvalue weighted by molar-refractivity contribution is 7.99. The third kappa shape index (κ3) is 3.14. The first kappa shape index (κ1) is 13.6. The van der Waals surface area contributed by atoms with Crippen molar-refractivity contribution in [1.82, 2.24) is 20.2 Å². The van der Waals surface area contributed by atoms with Gasteiger partial charge in [0.05, 0.1) is 6.04 Å². The van der Waals surface area contributed by atoms with Crippen LogP contribution in [0, 0.1) is 0 Å². The number of nitrogens with zero attached hydrogens (tertiary/aromatic N) is 4. The lowest BCUT2D eigenvalue weighted by Crippen LogP contribution is -2.25. The van der Waals surface area contributed by atoms with Gasteiger partial charge in [-0.1, -0.05) is 11.8 Å². The molecule has 1 aliphatic rings. The minimum Gasteiger partial charge on any atom is -0.381 e. The number of tetrazole rings is 1. The number of thioether (sulfide) groups is 1. The fourth-order valence-electron chi connectivity index (χ4n) is 1.65. The molecule has 0 aliphatic carbocycles. The fraction of sp³-hybridized carbons (Fsp3) is 0.889. The molecule has 0 aromatic carbocycles. The van der Waals surface area contributed by atoms with Gasteiger partial charge >= 0.3 is 6.18 Å². The van der Waals surface area contributed by atoms with Crippen LogP contribution in [0.2, 0.25) is 0 Å². The quantitative estimate of drug-likeness (QED) is 0.794. The van der Waals surface area contributed by atoms with Crippen molar-refractivity contribution < 1.29 is 17.9 Å². The summed E-state index contributed by atoms with van der Waals surface area (Å²) in [5, 5.41) is 9.61. The van der Waals surface area contributed by atoms with Crippen LogP contribution >= 0.6 is 11.8 Å². The number of alkyl halides is 3. The molecule has 1 aromatic heterocycles. The average Bonchev–Trinajstić information content (AvgIpc) is 2.77. The number of hydrogen-bond acceptors (Lipinski definition) is 5. The summed E-state index contributed by atoms with van der Waals surface area (Å²) in [4.78, 5) is 0. The van der Waals surface area contributed by atoms with E-state index in [1.165, 1.54) is 4.68 Å². The van der Waals surface area contributed by atoms with E-state index in [1.807, 2.05) is 0 Å². The molecule has 1 aliphatic heterocycles. The molecule has 0 unspecified atom stereocenters. The Balaban J connectivity index is 2.07. The van der Waals surface area contributed by atoms with Crippen molar-refractivity contribution in [2.45, 2.75) is 42.4 Å². The van der Waals surface area contributed by atoms with Gasteiger partial charge in [0.1, 0.15) is 5.25 Å². The van der Waals surface area contributed by atoms with E-state index >= 15 is 0 Å². The van der Waals surface area contributed by atoms with Gasteiger partial charge in [0.25, 0.3) is 0 Å². The molecule has 1 fully saturated rings. The lowest BCUT2D eigenvalue weighted by molar-refractivity contribution is -0.125. The summed E-state index contributed by atoms with van der Waals surface area (Å²) >= 11 is 0.638. The SMILES string of the molecule is C[C@H](Sc1nnnn1C1CCOCC1)C(F)(F)F. The summed E-state index contributed by atoms with van der Waals surface area (Å²) in [5.41, 5.74) is 0. The zero-order valence-corrected chi connectivity index (χ0v) is 10.5. The first-order chi connectivity index (χ1) is 8.48. The van der Waals surface area contributed by atoms with Crippen LogP contribution in [0.15, 0.2) is 5.16 Å². The van der Waals surface area contributed by atoms with Crippen molar-refractivity contribution in [2.24, 2.45) is 0 Å². The maximum Gasteiger partial charge on any atom is 0.400 e. The van der Waals surface area contributed by atoms with E-state index in [9.17, 15) is 13.2 Å². The molecule has 1 saturated heterocycles. The second-order valence-electron chi connectivity index (χ2n) is 4.05. The van der Waals surface area contributed by atoms with Crippen molar-refractivity contribution in [3.63, 3.8) is 0 Å². The Kier molecular flexibility index (Phi) is 4.10. The second-order valence-corrected chi connectivity index (χ2v) is 5.36. The monoisotopic (exact) mass is 282 g/mol. The van der Waals surface area contributed by atoms with Crippen LogP contribution < -0.4 is 0 Å². The van der Waals surface area contributed by atoms with E-state index in [1.54, 1.807) is 0 Å². The molecule has 0 N–H and O–H groups in total. The van der Waals surface area contributed by atoms with Crippen LogP contribution in [0.1, 0.15) is 25.8 Å². The molecule has 1 aromatic rings. The Morgan fingerprint density at radius 3 is 2.67 bits per heavy atom. The lowest BCUT2D eigenvalue weighted by Gasteiger charge is -2.23. The van der Waals surface area contributed by atoms with Crippen LogP contribution in [0.25, 0.3) is 0 Å². The van der Waals surface area contributed by atoms with Gasteiger partial charge in [-0.05, 0) is 30.2 Å². The van der Waals surface area contributed by atoms with Crippen LogP contribution in [-0.4, -0.2) is 44.8 Å². The summed E-state index contributed by atoms with van der Waals surface area (Å²) in [6.45, 7) is 2.28. The van der Waals surface area contributed by atoms with Gasteiger partial charge in [0.15, 0.2) is 0 Å². The van der Waals surface area contributed by atoms with Gasteiger partial charge < -0.3 is 4.74 Å². The predicted octanol–water partition coefficient (Wildman–Crippen LogP) is 2.07. The van der Waals surface area contributed by atoms with E-state index in [2.05, 4.69) is 15.5 Å². The Bertz CT molecular complexity index is 391. The highest BCUT2D eigenvalue weighted by Gasteiger charge is 2.38. The third-order valence-electron chi connectivity index (χ3n) is 2.74. The van der Waals surface area contributed by atoms with Gasteiger partial charge in [-0.15, -0.1) is 5.10 Å². The van der Waals surface area contributed by atoms with Gasteiger partial charge in [0, 0.05) is 13.2 Å². The molecule has 0 saturated carbocycles. The van der Waals surface area contributed by atoms with Crippen LogP contribution in [0.5, 0.6) is 0 Å². The molecule has 0 amide bonds. The Labute approximate surface area is 106 Å². The number of ether oxygens (including phenoxy) is 1. The van der Waals surface area contributed by atoms with E-state index < -0.39 is 11.4 Å². The summed E-state index contributed by atoms with van der Waals surface area (Å²) in [6, 6.07) is 0.0247. The van der Waals surface area contributed by atoms with Gasteiger partial charge in [-0.3, -0.25) is 0 Å². The first-order valence-electron chi connectivity index (χ1n) is 5.57. The van der Waals surface area contributed by atoms with Crippen molar-refractivity contribution in [3.8, 4) is 0 Å². The smallest absolute Gasteiger partial charge is 0.381 e. The molecular formula is C9H13F3N4OS. The number of halogens is 3. The van der Waals surface area contributed by atoms with Crippen LogP contribution in [0.4, 0.5) is 13.2 Å². The zero-order valence-electron chi connectivity index (χ0n) is 9.72. The highest BCUT2D eigenvalue weighted by Crippen LogP contribution is 2.35. The van der Waals surface area contributed by atoms with Crippen molar-refractivity contribution in [3.05, 3.63) is 0 Å². The standard InChI is InChI=1S/C9H13F3N4OS/c1-6(9(10,11)12)18-8-13-14-15-16(8)7-2-4-17-5-3-7/h6-7H,2-5H2,1H3/t6-/m0/s1. The Morgan fingerprint density at radius 2 is 2.06 bits per heavy atom. The van der Waals surface area contributed by atoms with Crippen molar-refractivity contribution >= 4 is 11.8 Å². The molecule has 9 heteroatoms. The fourth-order valence-corrected chi connectivity index (χ4v) is 2.47. The summed E-state index contributed by atoms with van der Waals surface area (Å²) in [6.07, 6.45) is -2.81. The summed E-state index contributed by atoms with van der Waals surface area (Å²) in [7, 11) is 0. The number of hydrogen-bond donors (Lipinski definition) is 0. The van der Waals surface area contributed by atoms with Gasteiger partial charge in [-0.2, -0.15) is 13.2 Å². The van der Waals surface area contributed by atoms with Crippen LogP contribution in [0.3, 0.4) is 0 Å². The summed E-state index contributed by atoms with van der Waals surface area (Å²) in [5.74, 6) is 0. The van der Waals surface area contributed by atoms with E-state index in [-0.39, 0.29) is 11.2 Å². The molecule has 0 radical (unpaired) electrons. The first-order valence-corrected chi connectivity index (χ1v) is 6.45.